The Morgan fingerprint density at radius 3 is 2.44 bits per heavy atom. The summed E-state index contributed by atoms with van der Waals surface area (Å²) in [5, 5.41) is 29.0. The SMILES string of the molecule is Cc1ccc(-n2nc3cc(C)c(N/N=C(\C#N)C(=N)N)cc3n2)cc1. The third-order valence-corrected chi connectivity index (χ3v) is 3.64. The van der Waals surface area contributed by atoms with Gasteiger partial charge in [-0.15, -0.1) is 10.2 Å². The second-order valence-electron chi connectivity index (χ2n) is 5.58. The van der Waals surface area contributed by atoms with Crippen molar-refractivity contribution < 1.29 is 0 Å². The van der Waals surface area contributed by atoms with Crippen molar-refractivity contribution in [3.8, 4) is 11.8 Å². The molecule has 1 heterocycles. The van der Waals surface area contributed by atoms with Crippen molar-refractivity contribution in [3.05, 3.63) is 47.5 Å². The molecule has 0 amide bonds. The van der Waals surface area contributed by atoms with Crippen molar-refractivity contribution in [2.45, 2.75) is 13.8 Å². The Labute approximate surface area is 144 Å². The van der Waals surface area contributed by atoms with E-state index in [1.807, 2.05) is 44.2 Å². The maximum absolute atomic E-state index is 8.90. The molecule has 0 aliphatic rings. The molecule has 1 aromatic heterocycles. The number of amidine groups is 1. The molecule has 0 saturated carbocycles. The average molecular weight is 332 g/mol. The Morgan fingerprint density at radius 2 is 1.84 bits per heavy atom. The number of anilines is 1. The summed E-state index contributed by atoms with van der Waals surface area (Å²) in [7, 11) is 0. The number of fused-ring (bicyclic) bond motifs is 1. The molecule has 3 aromatic rings. The summed E-state index contributed by atoms with van der Waals surface area (Å²) in [5.41, 5.74) is 12.9. The van der Waals surface area contributed by atoms with E-state index in [2.05, 4.69) is 20.7 Å². The normalized spacial score (nSPS) is 11.3. The smallest absolute Gasteiger partial charge is 0.201 e. The lowest BCUT2D eigenvalue weighted by Crippen LogP contribution is -2.21. The van der Waals surface area contributed by atoms with Crippen LogP contribution >= 0.6 is 0 Å². The molecule has 0 spiro atoms. The van der Waals surface area contributed by atoms with Crippen molar-refractivity contribution in [2.24, 2.45) is 10.8 Å². The molecule has 0 radical (unpaired) electrons. The Morgan fingerprint density at radius 1 is 1.20 bits per heavy atom. The highest BCUT2D eigenvalue weighted by molar-refractivity contribution is 6.45. The number of nitrogens with two attached hydrogens (primary N) is 1. The van der Waals surface area contributed by atoms with E-state index in [9.17, 15) is 0 Å². The monoisotopic (exact) mass is 332 g/mol. The lowest BCUT2D eigenvalue weighted by molar-refractivity contribution is 0.765. The molecule has 0 bridgehead atoms. The summed E-state index contributed by atoms with van der Waals surface area (Å²) in [6.07, 6.45) is 0. The van der Waals surface area contributed by atoms with Gasteiger partial charge in [-0.05, 0) is 43.7 Å². The van der Waals surface area contributed by atoms with Gasteiger partial charge in [-0.25, -0.2) is 0 Å². The largest absolute Gasteiger partial charge is 0.382 e. The lowest BCUT2D eigenvalue weighted by Gasteiger charge is -2.04. The summed E-state index contributed by atoms with van der Waals surface area (Å²) in [5.74, 6) is -0.390. The topological polar surface area (TPSA) is 129 Å². The van der Waals surface area contributed by atoms with Crippen LogP contribution in [0.1, 0.15) is 11.1 Å². The summed E-state index contributed by atoms with van der Waals surface area (Å²) < 4.78 is 0. The number of nitrogens with zero attached hydrogens (tertiary/aromatic N) is 5. The maximum atomic E-state index is 8.90. The second kappa shape index (κ2) is 6.41. The summed E-state index contributed by atoms with van der Waals surface area (Å²) >= 11 is 0. The zero-order valence-electron chi connectivity index (χ0n) is 13.8. The molecule has 4 N–H and O–H groups in total. The van der Waals surface area contributed by atoms with Crippen LogP contribution in [0.25, 0.3) is 16.7 Å². The van der Waals surface area contributed by atoms with E-state index in [0.717, 1.165) is 16.8 Å². The van der Waals surface area contributed by atoms with E-state index in [0.29, 0.717) is 11.2 Å². The van der Waals surface area contributed by atoms with Crippen molar-refractivity contribution >= 4 is 28.3 Å². The number of nitriles is 1. The number of rotatable bonds is 4. The van der Waals surface area contributed by atoms with Crippen LogP contribution in [0.3, 0.4) is 0 Å². The van der Waals surface area contributed by atoms with E-state index in [1.165, 1.54) is 5.56 Å². The Kier molecular flexibility index (Phi) is 4.14. The fourth-order valence-electron chi connectivity index (χ4n) is 2.24. The van der Waals surface area contributed by atoms with Gasteiger partial charge in [-0.2, -0.15) is 15.2 Å². The van der Waals surface area contributed by atoms with Gasteiger partial charge < -0.3 is 5.73 Å². The third-order valence-electron chi connectivity index (χ3n) is 3.64. The molecule has 124 valence electrons. The first kappa shape index (κ1) is 16.1. The number of hydrazone groups is 1. The van der Waals surface area contributed by atoms with Crippen LogP contribution in [0.4, 0.5) is 5.69 Å². The fraction of sp³-hybridized carbons (Fsp3) is 0.118. The van der Waals surface area contributed by atoms with Gasteiger partial charge in [-0.1, -0.05) is 17.7 Å². The first-order valence-electron chi connectivity index (χ1n) is 7.51. The van der Waals surface area contributed by atoms with E-state index in [-0.39, 0.29) is 11.5 Å². The van der Waals surface area contributed by atoms with E-state index >= 15 is 0 Å². The molecule has 25 heavy (non-hydrogen) atoms. The molecule has 0 saturated heterocycles. The number of nitrogens with one attached hydrogen (secondary N) is 2. The molecule has 0 aliphatic heterocycles. The molecule has 2 aromatic carbocycles. The maximum Gasteiger partial charge on any atom is 0.201 e. The number of benzene rings is 2. The van der Waals surface area contributed by atoms with Gasteiger partial charge >= 0.3 is 0 Å². The third kappa shape index (κ3) is 3.30. The fourth-order valence-corrected chi connectivity index (χ4v) is 2.24. The molecule has 0 atom stereocenters. The average Bonchev–Trinajstić information content (AvgIpc) is 2.98. The number of aromatic nitrogens is 3. The van der Waals surface area contributed by atoms with Crippen LogP contribution in [-0.2, 0) is 0 Å². The summed E-state index contributed by atoms with van der Waals surface area (Å²) in [6.45, 7) is 3.91. The van der Waals surface area contributed by atoms with Gasteiger partial charge in [0.25, 0.3) is 0 Å². The molecule has 0 aliphatic carbocycles. The molecule has 8 heteroatoms. The summed E-state index contributed by atoms with van der Waals surface area (Å²) in [6, 6.07) is 13.3. The highest BCUT2D eigenvalue weighted by Gasteiger charge is 2.09. The first-order chi connectivity index (χ1) is 12.0. The van der Waals surface area contributed by atoms with E-state index in [1.54, 1.807) is 16.9 Å². The molecule has 0 unspecified atom stereocenters. The van der Waals surface area contributed by atoms with Crippen molar-refractivity contribution in [3.63, 3.8) is 0 Å². The van der Waals surface area contributed by atoms with Crippen LogP contribution < -0.4 is 11.2 Å². The van der Waals surface area contributed by atoms with Gasteiger partial charge in [-0.3, -0.25) is 10.8 Å². The number of aryl methyl sites for hydroxylation is 2. The predicted octanol–water partition coefficient (Wildman–Crippen LogP) is 2.26. The zero-order valence-corrected chi connectivity index (χ0v) is 13.8. The first-order valence-corrected chi connectivity index (χ1v) is 7.51. The molecule has 0 fully saturated rings. The molecular formula is C17H16N8. The second-order valence-corrected chi connectivity index (χ2v) is 5.58. The van der Waals surface area contributed by atoms with Gasteiger partial charge in [0.05, 0.1) is 11.4 Å². The minimum absolute atomic E-state index is 0.178. The zero-order chi connectivity index (χ0) is 18.0. The van der Waals surface area contributed by atoms with Gasteiger partial charge in [0, 0.05) is 0 Å². The van der Waals surface area contributed by atoms with Gasteiger partial charge in [0.15, 0.2) is 5.84 Å². The predicted molar refractivity (Wildman–Crippen MR) is 96.9 cm³/mol. The highest BCUT2D eigenvalue weighted by Crippen LogP contribution is 2.22. The van der Waals surface area contributed by atoms with Crippen LogP contribution in [-0.4, -0.2) is 26.5 Å². The molecule has 3 rings (SSSR count). The lowest BCUT2D eigenvalue weighted by atomic mass is 10.2. The van der Waals surface area contributed by atoms with Crippen LogP contribution in [0.2, 0.25) is 0 Å². The van der Waals surface area contributed by atoms with Crippen LogP contribution in [0.15, 0.2) is 41.5 Å². The van der Waals surface area contributed by atoms with E-state index < -0.39 is 0 Å². The van der Waals surface area contributed by atoms with Crippen molar-refractivity contribution in [1.29, 1.82) is 10.7 Å². The van der Waals surface area contributed by atoms with Gasteiger partial charge in [0.1, 0.15) is 17.1 Å². The number of hydrogen-bond donors (Lipinski definition) is 3. The minimum atomic E-state index is -0.390. The Balaban J connectivity index is 1.97. The Hall–Kier alpha value is -3.73. The van der Waals surface area contributed by atoms with Gasteiger partial charge in [0.2, 0.25) is 5.71 Å². The molecular weight excluding hydrogens is 316 g/mol. The van der Waals surface area contributed by atoms with Crippen molar-refractivity contribution in [2.75, 3.05) is 5.43 Å². The molecule has 8 nitrogen and oxygen atoms in total. The van der Waals surface area contributed by atoms with E-state index in [4.69, 9.17) is 16.4 Å². The van der Waals surface area contributed by atoms with Crippen LogP contribution in [0.5, 0.6) is 0 Å². The minimum Gasteiger partial charge on any atom is -0.382 e. The Bertz CT molecular complexity index is 1020. The van der Waals surface area contributed by atoms with Crippen LogP contribution in [0, 0.1) is 30.6 Å². The summed E-state index contributed by atoms with van der Waals surface area (Å²) in [4.78, 5) is 1.58. The van der Waals surface area contributed by atoms with Crippen molar-refractivity contribution in [1.82, 2.24) is 15.0 Å². The standard InChI is InChI=1S/C17H16N8/c1-10-3-5-12(6-4-10)25-23-14-7-11(2)13(8-15(14)24-25)21-22-16(9-18)17(19)20/h3-8,21H,1-2H3,(H3,19,20)/b22-16+. The highest BCUT2D eigenvalue weighted by atomic mass is 15.5. The number of hydrogen-bond acceptors (Lipinski definition) is 6. The quantitative estimate of drug-likeness (QED) is 0.383.